The van der Waals surface area contributed by atoms with Gasteiger partial charge in [0.1, 0.15) is 0 Å². The Labute approximate surface area is 75.2 Å². The molecule has 0 atom stereocenters. The molecule has 1 heterocycles. The molecule has 0 aliphatic heterocycles. The van der Waals surface area contributed by atoms with Crippen LogP contribution in [0.4, 0.5) is 0 Å². The fraction of sp³-hybridized carbons (Fsp3) is 0. The molecule has 3 heteroatoms. The minimum atomic E-state index is -0.432. The Bertz CT molecular complexity index is 460. The SMILES string of the molecule is NC(=O)c1cccc2n[c]ccc12. The van der Waals surface area contributed by atoms with Crippen LogP contribution in [0, 0.1) is 6.20 Å². The van der Waals surface area contributed by atoms with E-state index in [-0.39, 0.29) is 0 Å². The van der Waals surface area contributed by atoms with Crippen LogP contribution in [0.3, 0.4) is 0 Å². The molecule has 1 amide bonds. The molecule has 0 unspecified atom stereocenters. The van der Waals surface area contributed by atoms with E-state index in [0.717, 1.165) is 10.9 Å². The van der Waals surface area contributed by atoms with Gasteiger partial charge in [0.25, 0.3) is 0 Å². The van der Waals surface area contributed by atoms with Crippen LogP contribution in [0.1, 0.15) is 10.4 Å². The molecule has 63 valence electrons. The van der Waals surface area contributed by atoms with Gasteiger partial charge < -0.3 is 5.73 Å². The minimum Gasteiger partial charge on any atom is -0.366 e. The predicted octanol–water partition coefficient (Wildman–Crippen LogP) is 1.13. The van der Waals surface area contributed by atoms with Gasteiger partial charge in [-0.05, 0) is 24.3 Å². The van der Waals surface area contributed by atoms with Crippen molar-refractivity contribution in [1.82, 2.24) is 4.98 Å². The lowest BCUT2D eigenvalue weighted by Gasteiger charge is -2.00. The van der Waals surface area contributed by atoms with Gasteiger partial charge in [0.2, 0.25) is 5.91 Å². The summed E-state index contributed by atoms with van der Waals surface area (Å²) in [5.74, 6) is -0.432. The van der Waals surface area contributed by atoms with Crippen LogP contribution in [0.25, 0.3) is 10.9 Å². The van der Waals surface area contributed by atoms with E-state index in [2.05, 4.69) is 11.2 Å². The lowest BCUT2D eigenvalue weighted by Crippen LogP contribution is -2.11. The predicted molar refractivity (Wildman–Crippen MR) is 49.1 cm³/mol. The van der Waals surface area contributed by atoms with Crippen LogP contribution in [0.2, 0.25) is 0 Å². The molecule has 0 fully saturated rings. The van der Waals surface area contributed by atoms with Gasteiger partial charge in [-0.3, -0.25) is 4.79 Å². The minimum absolute atomic E-state index is 0.432. The highest BCUT2D eigenvalue weighted by atomic mass is 16.1. The standard InChI is InChI=1S/C10H7N2O/c11-10(13)8-3-1-5-9-7(8)4-2-6-12-9/h1-5H,(H2,11,13). The number of benzene rings is 1. The number of hydrogen-bond acceptors (Lipinski definition) is 2. The summed E-state index contributed by atoms with van der Waals surface area (Å²) in [6, 6.07) is 8.70. The van der Waals surface area contributed by atoms with Gasteiger partial charge in [0, 0.05) is 10.9 Å². The Morgan fingerprint density at radius 3 is 3.00 bits per heavy atom. The smallest absolute Gasteiger partial charge is 0.249 e. The Morgan fingerprint density at radius 2 is 2.23 bits per heavy atom. The fourth-order valence-corrected chi connectivity index (χ4v) is 1.27. The van der Waals surface area contributed by atoms with Gasteiger partial charge in [0.05, 0.1) is 11.7 Å². The highest BCUT2D eigenvalue weighted by Crippen LogP contribution is 2.14. The second-order valence-electron chi connectivity index (χ2n) is 2.68. The molecule has 0 aliphatic carbocycles. The van der Waals surface area contributed by atoms with Crippen molar-refractivity contribution in [2.75, 3.05) is 0 Å². The molecule has 3 nitrogen and oxygen atoms in total. The number of hydrogen-bond donors (Lipinski definition) is 1. The van der Waals surface area contributed by atoms with E-state index in [1.54, 1.807) is 24.3 Å². The summed E-state index contributed by atoms with van der Waals surface area (Å²) in [4.78, 5) is 15.0. The molecule has 2 N–H and O–H groups in total. The van der Waals surface area contributed by atoms with Crippen molar-refractivity contribution in [3.63, 3.8) is 0 Å². The Hall–Kier alpha value is -1.90. The summed E-state index contributed by atoms with van der Waals surface area (Å²) in [5.41, 5.74) is 6.44. The summed E-state index contributed by atoms with van der Waals surface area (Å²) < 4.78 is 0. The van der Waals surface area contributed by atoms with Crippen LogP contribution in [-0.2, 0) is 0 Å². The normalized spacial score (nSPS) is 10.2. The quantitative estimate of drug-likeness (QED) is 0.699. The second kappa shape index (κ2) is 2.86. The largest absolute Gasteiger partial charge is 0.366 e. The zero-order valence-electron chi connectivity index (χ0n) is 6.82. The highest BCUT2D eigenvalue weighted by molar-refractivity contribution is 6.05. The van der Waals surface area contributed by atoms with E-state index in [0.29, 0.717) is 5.56 Å². The van der Waals surface area contributed by atoms with Crippen molar-refractivity contribution in [2.45, 2.75) is 0 Å². The maximum absolute atomic E-state index is 11.0. The molecule has 1 aromatic carbocycles. The van der Waals surface area contributed by atoms with Crippen LogP contribution in [0.5, 0.6) is 0 Å². The van der Waals surface area contributed by atoms with Crippen molar-refractivity contribution in [3.8, 4) is 0 Å². The average molecular weight is 171 g/mol. The first-order valence-corrected chi connectivity index (χ1v) is 3.84. The van der Waals surface area contributed by atoms with E-state index in [4.69, 9.17) is 5.73 Å². The lowest BCUT2D eigenvalue weighted by molar-refractivity contribution is 0.100. The summed E-state index contributed by atoms with van der Waals surface area (Å²) in [7, 11) is 0. The van der Waals surface area contributed by atoms with E-state index in [1.807, 2.05) is 6.07 Å². The topological polar surface area (TPSA) is 56.0 Å². The van der Waals surface area contributed by atoms with Gasteiger partial charge in [-0.1, -0.05) is 6.07 Å². The zero-order valence-corrected chi connectivity index (χ0v) is 6.82. The van der Waals surface area contributed by atoms with Crippen molar-refractivity contribution >= 4 is 16.8 Å². The highest BCUT2D eigenvalue weighted by Gasteiger charge is 2.04. The van der Waals surface area contributed by atoms with Crippen LogP contribution >= 0.6 is 0 Å². The second-order valence-corrected chi connectivity index (χ2v) is 2.68. The number of rotatable bonds is 1. The Morgan fingerprint density at radius 1 is 1.38 bits per heavy atom. The molecule has 0 bridgehead atoms. The number of pyridine rings is 1. The number of carbonyl (C=O) groups excluding carboxylic acids is 1. The molecule has 0 aliphatic rings. The monoisotopic (exact) mass is 171 g/mol. The molecule has 1 radical (unpaired) electrons. The van der Waals surface area contributed by atoms with Gasteiger partial charge in [-0.2, -0.15) is 0 Å². The third-order valence-corrected chi connectivity index (χ3v) is 1.86. The first-order chi connectivity index (χ1) is 6.29. The first-order valence-electron chi connectivity index (χ1n) is 3.84. The zero-order chi connectivity index (χ0) is 9.26. The number of nitrogens with zero attached hydrogens (tertiary/aromatic N) is 1. The van der Waals surface area contributed by atoms with Crippen molar-refractivity contribution in [2.24, 2.45) is 5.73 Å². The van der Waals surface area contributed by atoms with Crippen LogP contribution in [-0.4, -0.2) is 10.9 Å². The van der Waals surface area contributed by atoms with Crippen molar-refractivity contribution in [1.29, 1.82) is 0 Å². The average Bonchev–Trinajstić information content (AvgIpc) is 2.17. The Kier molecular flexibility index (Phi) is 1.70. The third-order valence-electron chi connectivity index (χ3n) is 1.86. The van der Waals surface area contributed by atoms with Crippen LogP contribution in [0.15, 0.2) is 30.3 Å². The number of amides is 1. The molecule has 1 aromatic heterocycles. The fourth-order valence-electron chi connectivity index (χ4n) is 1.27. The van der Waals surface area contributed by atoms with Gasteiger partial charge in [0.15, 0.2) is 0 Å². The Balaban J connectivity index is 2.83. The molecule has 0 saturated carbocycles. The molecule has 0 saturated heterocycles. The lowest BCUT2D eigenvalue weighted by atomic mass is 10.1. The summed E-state index contributed by atoms with van der Waals surface area (Å²) in [6.45, 7) is 0. The first kappa shape index (κ1) is 7.73. The molecule has 13 heavy (non-hydrogen) atoms. The van der Waals surface area contributed by atoms with E-state index >= 15 is 0 Å². The van der Waals surface area contributed by atoms with Crippen molar-refractivity contribution < 1.29 is 4.79 Å². The van der Waals surface area contributed by atoms with E-state index < -0.39 is 5.91 Å². The van der Waals surface area contributed by atoms with Gasteiger partial charge in [-0.25, -0.2) is 4.98 Å². The molecular weight excluding hydrogens is 164 g/mol. The van der Waals surface area contributed by atoms with Gasteiger partial charge >= 0.3 is 0 Å². The number of primary amides is 1. The number of aromatic nitrogens is 1. The summed E-state index contributed by atoms with van der Waals surface area (Å²) >= 11 is 0. The number of fused-ring (bicyclic) bond motifs is 1. The molecule has 0 spiro atoms. The van der Waals surface area contributed by atoms with E-state index in [1.165, 1.54) is 0 Å². The van der Waals surface area contributed by atoms with E-state index in [9.17, 15) is 4.79 Å². The summed E-state index contributed by atoms with van der Waals surface area (Å²) in [6.07, 6.45) is 2.70. The molecular formula is C10H7N2O. The maximum Gasteiger partial charge on any atom is 0.249 e. The molecule has 2 aromatic rings. The maximum atomic E-state index is 11.0. The number of nitrogens with two attached hydrogens (primary N) is 1. The van der Waals surface area contributed by atoms with Gasteiger partial charge in [-0.15, -0.1) is 0 Å². The summed E-state index contributed by atoms with van der Waals surface area (Å²) in [5, 5.41) is 0.772. The van der Waals surface area contributed by atoms with Crippen LogP contribution < -0.4 is 5.73 Å². The molecule has 2 rings (SSSR count). The number of carbonyl (C=O) groups is 1. The van der Waals surface area contributed by atoms with Crippen molar-refractivity contribution in [3.05, 3.63) is 42.1 Å². The third kappa shape index (κ3) is 1.24.